The summed E-state index contributed by atoms with van der Waals surface area (Å²) in [5.41, 5.74) is 4.94. The molecule has 1 aliphatic rings. The van der Waals surface area contributed by atoms with E-state index in [1.807, 2.05) is 37.3 Å². The van der Waals surface area contributed by atoms with Gasteiger partial charge in [-0.05, 0) is 25.1 Å². The van der Waals surface area contributed by atoms with Gasteiger partial charge in [0.2, 0.25) is 0 Å². The monoisotopic (exact) mass is 191 g/mol. The van der Waals surface area contributed by atoms with Crippen LogP contribution < -0.4 is 10.2 Å². The summed E-state index contributed by atoms with van der Waals surface area (Å²) in [7, 11) is 0. The summed E-state index contributed by atoms with van der Waals surface area (Å²) in [5, 5.41) is 0. The van der Waals surface area contributed by atoms with Gasteiger partial charge in [0.15, 0.2) is 0 Å². The molecule has 0 radical (unpaired) electrons. The van der Waals surface area contributed by atoms with Crippen LogP contribution in [0.5, 0.6) is 5.75 Å². The number of rotatable bonds is 3. The van der Waals surface area contributed by atoms with Crippen molar-refractivity contribution in [3.63, 3.8) is 0 Å². The standard InChI is InChI=1S/C11H13NO2/c1-2-14-12-10-7-8-13-11-6-4-3-5-9(10)11/h3-7,12H,2,8H2,1H3. The Balaban J connectivity index is 2.22. The fraction of sp³-hybridized carbons (Fsp3) is 0.273. The Kier molecular flexibility index (Phi) is 2.70. The molecule has 0 atom stereocenters. The molecule has 1 heterocycles. The van der Waals surface area contributed by atoms with Crippen molar-refractivity contribution in [2.24, 2.45) is 0 Å². The lowest BCUT2D eigenvalue weighted by Gasteiger charge is -2.18. The Morgan fingerprint density at radius 1 is 1.43 bits per heavy atom. The van der Waals surface area contributed by atoms with Gasteiger partial charge in [0, 0.05) is 5.56 Å². The van der Waals surface area contributed by atoms with Crippen LogP contribution in [-0.4, -0.2) is 13.2 Å². The molecule has 0 saturated heterocycles. The zero-order valence-electron chi connectivity index (χ0n) is 8.12. The largest absolute Gasteiger partial charge is 0.489 e. The maximum atomic E-state index is 5.46. The van der Waals surface area contributed by atoms with Crippen molar-refractivity contribution >= 4 is 5.70 Å². The first kappa shape index (κ1) is 9.09. The normalized spacial score (nSPS) is 13.9. The molecular formula is C11H13NO2. The van der Waals surface area contributed by atoms with E-state index in [0.29, 0.717) is 13.2 Å². The number of benzene rings is 1. The smallest absolute Gasteiger partial charge is 0.129 e. The molecule has 0 saturated carbocycles. The second kappa shape index (κ2) is 4.15. The molecule has 0 aliphatic carbocycles. The summed E-state index contributed by atoms with van der Waals surface area (Å²) < 4.78 is 5.46. The molecule has 74 valence electrons. The summed E-state index contributed by atoms with van der Waals surface area (Å²) in [4.78, 5) is 5.16. The minimum Gasteiger partial charge on any atom is -0.489 e. The van der Waals surface area contributed by atoms with E-state index in [2.05, 4.69) is 5.48 Å². The molecule has 14 heavy (non-hydrogen) atoms. The lowest BCUT2D eigenvalue weighted by molar-refractivity contribution is 0.0889. The number of hydrogen-bond donors (Lipinski definition) is 1. The quantitative estimate of drug-likeness (QED) is 0.741. The van der Waals surface area contributed by atoms with Crippen molar-refractivity contribution in [2.75, 3.05) is 13.2 Å². The summed E-state index contributed by atoms with van der Waals surface area (Å²) in [6, 6.07) is 7.90. The third-order valence-electron chi connectivity index (χ3n) is 2.03. The fourth-order valence-electron chi connectivity index (χ4n) is 1.39. The van der Waals surface area contributed by atoms with Crippen molar-refractivity contribution in [1.29, 1.82) is 0 Å². The lowest BCUT2D eigenvalue weighted by atomic mass is 10.1. The molecule has 2 rings (SSSR count). The van der Waals surface area contributed by atoms with Crippen molar-refractivity contribution in [2.45, 2.75) is 6.92 Å². The second-order valence-corrected chi connectivity index (χ2v) is 2.96. The van der Waals surface area contributed by atoms with E-state index in [4.69, 9.17) is 9.57 Å². The van der Waals surface area contributed by atoms with Gasteiger partial charge in [0.1, 0.15) is 12.4 Å². The predicted molar refractivity (Wildman–Crippen MR) is 54.7 cm³/mol. The summed E-state index contributed by atoms with van der Waals surface area (Å²) in [5.74, 6) is 0.900. The average molecular weight is 191 g/mol. The Morgan fingerprint density at radius 3 is 3.14 bits per heavy atom. The maximum Gasteiger partial charge on any atom is 0.129 e. The number of para-hydroxylation sites is 1. The molecule has 0 fully saturated rings. The van der Waals surface area contributed by atoms with Gasteiger partial charge in [-0.3, -0.25) is 10.3 Å². The third-order valence-corrected chi connectivity index (χ3v) is 2.03. The van der Waals surface area contributed by atoms with Gasteiger partial charge in [0.05, 0.1) is 12.3 Å². The zero-order valence-corrected chi connectivity index (χ0v) is 8.12. The van der Waals surface area contributed by atoms with Gasteiger partial charge in [0.25, 0.3) is 0 Å². The van der Waals surface area contributed by atoms with Crippen LogP contribution in [-0.2, 0) is 4.84 Å². The highest BCUT2D eigenvalue weighted by molar-refractivity contribution is 5.70. The van der Waals surface area contributed by atoms with E-state index in [0.717, 1.165) is 17.0 Å². The van der Waals surface area contributed by atoms with Crippen molar-refractivity contribution in [1.82, 2.24) is 5.48 Å². The van der Waals surface area contributed by atoms with Crippen molar-refractivity contribution in [3.8, 4) is 5.75 Å². The summed E-state index contributed by atoms with van der Waals surface area (Å²) >= 11 is 0. The van der Waals surface area contributed by atoms with Gasteiger partial charge in [-0.15, -0.1) is 0 Å². The van der Waals surface area contributed by atoms with Crippen molar-refractivity contribution in [3.05, 3.63) is 35.9 Å². The van der Waals surface area contributed by atoms with Crippen LogP contribution in [0.25, 0.3) is 5.70 Å². The number of nitrogens with one attached hydrogen (secondary N) is 1. The Labute approximate surface area is 83.3 Å². The Morgan fingerprint density at radius 2 is 2.29 bits per heavy atom. The average Bonchev–Trinajstić information content (AvgIpc) is 2.26. The first-order valence-electron chi connectivity index (χ1n) is 4.72. The maximum absolute atomic E-state index is 5.46. The van der Waals surface area contributed by atoms with Crippen LogP contribution in [0.3, 0.4) is 0 Å². The van der Waals surface area contributed by atoms with Gasteiger partial charge >= 0.3 is 0 Å². The predicted octanol–water partition coefficient (Wildman–Crippen LogP) is 1.96. The molecule has 0 amide bonds. The fourth-order valence-corrected chi connectivity index (χ4v) is 1.39. The molecule has 1 aliphatic heterocycles. The Hall–Kier alpha value is -1.48. The minimum absolute atomic E-state index is 0.590. The first-order valence-corrected chi connectivity index (χ1v) is 4.72. The van der Waals surface area contributed by atoms with E-state index in [1.165, 1.54) is 0 Å². The van der Waals surface area contributed by atoms with Crippen LogP contribution in [0, 0.1) is 0 Å². The second-order valence-electron chi connectivity index (χ2n) is 2.96. The topological polar surface area (TPSA) is 30.5 Å². The highest BCUT2D eigenvalue weighted by atomic mass is 16.6. The molecule has 0 unspecified atom stereocenters. The summed E-state index contributed by atoms with van der Waals surface area (Å²) in [6.07, 6.45) is 1.97. The van der Waals surface area contributed by atoms with Gasteiger partial charge in [-0.25, -0.2) is 0 Å². The SMILES string of the molecule is CCONC1=CCOc2ccccc21. The van der Waals surface area contributed by atoms with E-state index >= 15 is 0 Å². The lowest BCUT2D eigenvalue weighted by Crippen LogP contribution is -2.17. The number of hydroxylamine groups is 1. The number of ether oxygens (including phenoxy) is 1. The zero-order chi connectivity index (χ0) is 9.80. The highest BCUT2D eigenvalue weighted by Crippen LogP contribution is 2.27. The van der Waals surface area contributed by atoms with Crippen LogP contribution >= 0.6 is 0 Å². The minimum atomic E-state index is 0.590. The van der Waals surface area contributed by atoms with Gasteiger partial charge in [-0.2, -0.15) is 0 Å². The first-order chi connectivity index (χ1) is 6.92. The van der Waals surface area contributed by atoms with Crippen LogP contribution in [0.1, 0.15) is 12.5 Å². The molecule has 0 spiro atoms. The van der Waals surface area contributed by atoms with Crippen LogP contribution in [0.4, 0.5) is 0 Å². The number of fused-ring (bicyclic) bond motifs is 1. The van der Waals surface area contributed by atoms with E-state index < -0.39 is 0 Å². The van der Waals surface area contributed by atoms with Crippen LogP contribution in [0.15, 0.2) is 30.3 Å². The Bertz CT molecular complexity index is 347. The molecule has 1 aromatic carbocycles. The molecule has 1 aromatic rings. The molecule has 0 bridgehead atoms. The highest BCUT2D eigenvalue weighted by Gasteiger charge is 2.12. The summed E-state index contributed by atoms with van der Waals surface area (Å²) in [6.45, 7) is 3.17. The molecule has 3 nitrogen and oxygen atoms in total. The molecular weight excluding hydrogens is 178 g/mol. The molecule has 0 aromatic heterocycles. The third kappa shape index (κ3) is 1.72. The van der Waals surface area contributed by atoms with Gasteiger partial charge in [-0.1, -0.05) is 12.1 Å². The van der Waals surface area contributed by atoms with E-state index in [-0.39, 0.29) is 0 Å². The van der Waals surface area contributed by atoms with Crippen molar-refractivity contribution < 1.29 is 9.57 Å². The van der Waals surface area contributed by atoms with E-state index in [9.17, 15) is 0 Å². The molecule has 1 N–H and O–H groups in total. The molecule has 3 heteroatoms. The van der Waals surface area contributed by atoms with E-state index in [1.54, 1.807) is 0 Å². The van der Waals surface area contributed by atoms with Crippen LogP contribution in [0.2, 0.25) is 0 Å². The number of hydrogen-bond acceptors (Lipinski definition) is 3. The van der Waals surface area contributed by atoms with Gasteiger partial charge < -0.3 is 4.74 Å².